The van der Waals surface area contributed by atoms with Gasteiger partial charge in [-0.15, -0.1) is 0 Å². The van der Waals surface area contributed by atoms with Crippen molar-refractivity contribution in [2.45, 2.75) is 19.3 Å². The molecular formula is C17H18O4. The van der Waals surface area contributed by atoms with Crippen LogP contribution in [-0.2, 0) is 20.7 Å². The van der Waals surface area contributed by atoms with Gasteiger partial charge in [0, 0.05) is 5.92 Å². The SMILES string of the molecule is C=C1CC2COC(=O)C2(Cc2cccc(C(=O)OC)c2)C1. The molecule has 0 radical (unpaired) electrons. The number of allylic oxidation sites excluding steroid dienone is 1. The first-order valence-corrected chi connectivity index (χ1v) is 7.06. The molecule has 1 aromatic carbocycles. The second-order valence-corrected chi connectivity index (χ2v) is 5.95. The minimum atomic E-state index is -0.494. The van der Waals surface area contributed by atoms with Gasteiger partial charge in [-0.1, -0.05) is 24.3 Å². The number of carbonyl (C=O) groups excluding carboxylic acids is 2. The van der Waals surface area contributed by atoms with E-state index < -0.39 is 5.41 Å². The zero-order valence-electron chi connectivity index (χ0n) is 12.1. The number of ether oxygens (including phenoxy) is 2. The maximum absolute atomic E-state index is 12.2. The molecule has 2 fully saturated rings. The first-order chi connectivity index (χ1) is 10.0. The molecule has 21 heavy (non-hydrogen) atoms. The van der Waals surface area contributed by atoms with E-state index in [9.17, 15) is 9.59 Å². The molecule has 0 N–H and O–H groups in total. The van der Waals surface area contributed by atoms with Crippen LogP contribution in [0.25, 0.3) is 0 Å². The molecule has 4 heteroatoms. The predicted octanol–water partition coefficient (Wildman–Crippen LogP) is 2.53. The average Bonchev–Trinajstić information content (AvgIpc) is 2.94. The van der Waals surface area contributed by atoms with Crippen LogP contribution in [-0.4, -0.2) is 25.7 Å². The van der Waals surface area contributed by atoms with E-state index in [1.54, 1.807) is 12.1 Å². The Bertz CT molecular complexity index is 619. The van der Waals surface area contributed by atoms with Gasteiger partial charge in [-0.2, -0.15) is 0 Å². The maximum atomic E-state index is 12.2. The van der Waals surface area contributed by atoms with Crippen molar-refractivity contribution in [3.8, 4) is 0 Å². The van der Waals surface area contributed by atoms with E-state index >= 15 is 0 Å². The van der Waals surface area contributed by atoms with Gasteiger partial charge in [0.05, 0.1) is 24.7 Å². The lowest BCUT2D eigenvalue weighted by molar-refractivity contribution is -0.146. The number of methoxy groups -OCH3 is 1. The molecule has 110 valence electrons. The van der Waals surface area contributed by atoms with Crippen LogP contribution in [0.15, 0.2) is 36.4 Å². The molecular weight excluding hydrogens is 268 g/mol. The summed E-state index contributed by atoms with van der Waals surface area (Å²) in [7, 11) is 1.36. The van der Waals surface area contributed by atoms with Crippen LogP contribution in [0.2, 0.25) is 0 Å². The highest BCUT2D eigenvalue weighted by molar-refractivity contribution is 5.89. The molecule has 1 heterocycles. The molecule has 3 rings (SSSR count). The Morgan fingerprint density at radius 3 is 3.10 bits per heavy atom. The van der Waals surface area contributed by atoms with Crippen LogP contribution in [0.4, 0.5) is 0 Å². The summed E-state index contributed by atoms with van der Waals surface area (Å²) in [6.07, 6.45) is 2.11. The van der Waals surface area contributed by atoms with Crippen molar-refractivity contribution in [2.24, 2.45) is 11.3 Å². The number of cyclic esters (lactones) is 1. The van der Waals surface area contributed by atoms with E-state index in [1.165, 1.54) is 7.11 Å². The molecule has 2 unspecified atom stereocenters. The normalized spacial score (nSPS) is 27.4. The third kappa shape index (κ3) is 2.24. The van der Waals surface area contributed by atoms with Gasteiger partial charge in [-0.25, -0.2) is 4.79 Å². The van der Waals surface area contributed by atoms with E-state index in [4.69, 9.17) is 9.47 Å². The molecule has 1 aromatic rings. The maximum Gasteiger partial charge on any atom is 0.337 e. The van der Waals surface area contributed by atoms with Crippen molar-refractivity contribution in [1.29, 1.82) is 0 Å². The Morgan fingerprint density at radius 1 is 1.52 bits per heavy atom. The fraction of sp³-hybridized carbons (Fsp3) is 0.412. The minimum absolute atomic E-state index is 0.130. The molecule has 4 nitrogen and oxygen atoms in total. The number of benzene rings is 1. The van der Waals surface area contributed by atoms with Crippen LogP contribution >= 0.6 is 0 Å². The lowest BCUT2D eigenvalue weighted by Crippen LogP contribution is -2.31. The highest BCUT2D eigenvalue weighted by Crippen LogP contribution is 2.52. The second-order valence-electron chi connectivity index (χ2n) is 5.95. The molecule has 2 aliphatic rings. The van der Waals surface area contributed by atoms with Gasteiger partial charge < -0.3 is 9.47 Å². The first kappa shape index (κ1) is 13.9. The van der Waals surface area contributed by atoms with Gasteiger partial charge in [0.1, 0.15) is 0 Å². The number of carbonyl (C=O) groups is 2. The summed E-state index contributed by atoms with van der Waals surface area (Å²) in [5.74, 6) is -0.287. The van der Waals surface area contributed by atoms with Crippen molar-refractivity contribution in [3.05, 3.63) is 47.5 Å². The molecule has 0 spiro atoms. The van der Waals surface area contributed by atoms with E-state index in [2.05, 4.69) is 6.58 Å². The zero-order chi connectivity index (χ0) is 15.0. The lowest BCUT2D eigenvalue weighted by atomic mass is 9.75. The third-order valence-electron chi connectivity index (χ3n) is 4.57. The average molecular weight is 286 g/mol. The highest BCUT2D eigenvalue weighted by atomic mass is 16.5. The van der Waals surface area contributed by atoms with Crippen LogP contribution in [0, 0.1) is 11.3 Å². The summed E-state index contributed by atoms with van der Waals surface area (Å²) in [6.45, 7) is 4.52. The number of fused-ring (bicyclic) bond motifs is 1. The summed E-state index contributed by atoms with van der Waals surface area (Å²) in [5.41, 5.74) is 2.08. The number of rotatable bonds is 3. The summed E-state index contributed by atoms with van der Waals surface area (Å²) in [4.78, 5) is 23.9. The number of hydrogen-bond donors (Lipinski definition) is 0. The fourth-order valence-electron chi connectivity index (χ4n) is 3.55. The van der Waals surface area contributed by atoms with Gasteiger partial charge in [0.15, 0.2) is 0 Å². The van der Waals surface area contributed by atoms with E-state index in [0.29, 0.717) is 25.0 Å². The first-order valence-electron chi connectivity index (χ1n) is 7.06. The predicted molar refractivity (Wildman–Crippen MR) is 76.7 cm³/mol. The summed E-state index contributed by atoms with van der Waals surface area (Å²) >= 11 is 0. The molecule has 1 saturated carbocycles. The number of esters is 2. The van der Waals surface area contributed by atoms with Crippen LogP contribution in [0.1, 0.15) is 28.8 Å². The summed E-state index contributed by atoms with van der Waals surface area (Å²) < 4.78 is 10.0. The molecule has 1 aliphatic heterocycles. The monoisotopic (exact) mass is 286 g/mol. The van der Waals surface area contributed by atoms with Gasteiger partial charge in [-0.3, -0.25) is 4.79 Å². The minimum Gasteiger partial charge on any atom is -0.465 e. The zero-order valence-corrected chi connectivity index (χ0v) is 12.1. The topological polar surface area (TPSA) is 52.6 Å². The van der Waals surface area contributed by atoms with E-state index in [1.807, 2.05) is 12.1 Å². The van der Waals surface area contributed by atoms with Crippen molar-refractivity contribution in [3.63, 3.8) is 0 Å². The molecule has 1 saturated heterocycles. The fourth-order valence-corrected chi connectivity index (χ4v) is 3.55. The van der Waals surface area contributed by atoms with Crippen LogP contribution in [0.5, 0.6) is 0 Å². The van der Waals surface area contributed by atoms with E-state index in [-0.39, 0.29) is 17.9 Å². The van der Waals surface area contributed by atoms with Crippen molar-refractivity contribution in [2.75, 3.05) is 13.7 Å². The van der Waals surface area contributed by atoms with E-state index in [0.717, 1.165) is 17.6 Å². The quantitative estimate of drug-likeness (QED) is 0.633. The number of hydrogen-bond acceptors (Lipinski definition) is 4. The largest absolute Gasteiger partial charge is 0.465 e. The second kappa shape index (κ2) is 5.02. The Kier molecular flexibility index (Phi) is 3.32. The van der Waals surface area contributed by atoms with Crippen molar-refractivity contribution in [1.82, 2.24) is 0 Å². The van der Waals surface area contributed by atoms with Crippen LogP contribution < -0.4 is 0 Å². The molecule has 0 aromatic heterocycles. The van der Waals surface area contributed by atoms with Gasteiger partial charge in [0.25, 0.3) is 0 Å². The molecule has 0 bridgehead atoms. The Hall–Kier alpha value is -2.10. The van der Waals surface area contributed by atoms with Crippen molar-refractivity contribution >= 4 is 11.9 Å². The Morgan fingerprint density at radius 2 is 2.33 bits per heavy atom. The summed E-state index contributed by atoms with van der Waals surface area (Å²) in [5, 5.41) is 0. The van der Waals surface area contributed by atoms with Gasteiger partial charge in [-0.05, 0) is 37.0 Å². The smallest absolute Gasteiger partial charge is 0.337 e. The van der Waals surface area contributed by atoms with Crippen LogP contribution in [0.3, 0.4) is 0 Å². The van der Waals surface area contributed by atoms with Crippen molar-refractivity contribution < 1.29 is 19.1 Å². The lowest BCUT2D eigenvalue weighted by Gasteiger charge is -2.24. The Balaban J connectivity index is 1.90. The molecule has 0 amide bonds. The highest BCUT2D eigenvalue weighted by Gasteiger charge is 2.55. The summed E-state index contributed by atoms with van der Waals surface area (Å²) in [6, 6.07) is 7.26. The standard InChI is InChI=1S/C17H18O4/c1-11-6-14-10-21-16(19)17(14,8-11)9-12-4-3-5-13(7-12)15(18)20-2/h3-5,7,14H,1,6,8-10H2,2H3. The third-order valence-corrected chi connectivity index (χ3v) is 4.57. The molecule has 1 aliphatic carbocycles. The Labute approximate surface area is 123 Å². The van der Waals surface area contributed by atoms with Gasteiger partial charge >= 0.3 is 11.9 Å². The van der Waals surface area contributed by atoms with Gasteiger partial charge in [0.2, 0.25) is 0 Å². The molecule has 2 atom stereocenters.